The van der Waals surface area contributed by atoms with Gasteiger partial charge in [-0.15, -0.1) is 5.10 Å². The van der Waals surface area contributed by atoms with Crippen LogP contribution in [0, 0.1) is 6.92 Å². The summed E-state index contributed by atoms with van der Waals surface area (Å²) in [5, 5.41) is 11.4. The van der Waals surface area contributed by atoms with Gasteiger partial charge in [0, 0.05) is 5.92 Å². The first kappa shape index (κ1) is 16.6. The summed E-state index contributed by atoms with van der Waals surface area (Å²) in [6.07, 6.45) is 7.98. The second-order valence-electron chi connectivity index (χ2n) is 6.75. The van der Waals surface area contributed by atoms with E-state index in [0.29, 0.717) is 18.2 Å². The van der Waals surface area contributed by atoms with Crippen LogP contribution in [-0.4, -0.2) is 16.1 Å². The van der Waals surface area contributed by atoms with Gasteiger partial charge in [0.25, 0.3) is 0 Å². The first-order chi connectivity index (χ1) is 11.7. The topological polar surface area (TPSA) is 54.9 Å². The molecule has 1 fully saturated rings. The zero-order valence-electron chi connectivity index (χ0n) is 14.3. The third-order valence-corrected chi connectivity index (χ3v) is 4.67. The second kappa shape index (κ2) is 8.04. The Labute approximate surface area is 143 Å². The number of carbonyl (C=O) groups is 1. The molecule has 1 aliphatic carbocycles. The molecule has 0 unspecified atom stereocenters. The van der Waals surface area contributed by atoms with Gasteiger partial charge in [0.1, 0.15) is 0 Å². The average molecular weight is 323 g/mol. The molecule has 4 nitrogen and oxygen atoms in total. The van der Waals surface area contributed by atoms with Gasteiger partial charge in [-0.2, -0.15) is 5.10 Å². The number of aryl methyl sites for hydroxylation is 1. The van der Waals surface area contributed by atoms with E-state index in [1.165, 1.54) is 38.5 Å². The Morgan fingerprint density at radius 2 is 1.88 bits per heavy atom. The van der Waals surface area contributed by atoms with Gasteiger partial charge in [-0.25, -0.2) is 0 Å². The van der Waals surface area contributed by atoms with Gasteiger partial charge in [-0.3, -0.25) is 4.79 Å². The van der Waals surface area contributed by atoms with E-state index < -0.39 is 0 Å². The van der Waals surface area contributed by atoms with Gasteiger partial charge >= 0.3 is 0 Å². The van der Waals surface area contributed by atoms with Crippen LogP contribution in [0.15, 0.2) is 36.4 Å². The van der Waals surface area contributed by atoms with E-state index >= 15 is 0 Å². The largest absolute Gasteiger partial charge is 0.309 e. The summed E-state index contributed by atoms with van der Waals surface area (Å²) >= 11 is 0. The molecule has 1 heterocycles. The SMILES string of the molecule is Cc1cccc(CC(=O)Nc2ccc(C3CCCCCC3)nn2)c1. The van der Waals surface area contributed by atoms with Crippen molar-refractivity contribution in [3.63, 3.8) is 0 Å². The van der Waals surface area contributed by atoms with Gasteiger partial charge in [0.05, 0.1) is 12.1 Å². The highest BCUT2D eigenvalue weighted by molar-refractivity contribution is 5.91. The predicted octanol–water partition coefficient (Wildman–Crippen LogP) is 4.40. The van der Waals surface area contributed by atoms with Crippen molar-refractivity contribution in [3.05, 3.63) is 53.2 Å². The average Bonchev–Trinajstić information content (AvgIpc) is 2.85. The van der Waals surface area contributed by atoms with E-state index in [4.69, 9.17) is 0 Å². The fourth-order valence-electron chi connectivity index (χ4n) is 3.40. The Hall–Kier alpha value is -2.23. The molecule has 4 heteroatoms. The molecular formula is C20H25N3O. The summed E-state index contributed by atoms with van der Waals surface area (Å²) in [4.78, 5) is 12.1. The van der Waals surface area contributed by atoms with Crippen LogP contribution in [0.5, 0.6) is 0 Å². The van der Waals surface area contributed by atoms with Crippen LogP contribution in [0.1, 0.15) is 61.3 Å². The van der Waals surface area contributed by atoms with Crippen LogP contribution in [0.25, 0.3) is 0 Å². The molecule has 126 valence electrons. The van der Waals surface area contributed by atoms with Crippen LogP contribution in [0.3, 0.4) is 0 Å². The van der Waals surface area contributed by atoms with Crippen molar-refractivity contribution in [2.45, 2.75) is 57.8 Å². The van der Waals surface area contributed by atoms with E-state index in [9.17, 15) is 4.79 Å². The molecule has 0 atom stereocenters. The Morgan fingerprint density at radius 3 is 2.54 bits per heavy atom. The van der Waals surface area contributed by atoms with Crippen molar-refractivity contribution in [3.8, 4) is 0 Å². The van der Waals surface area contributed by atoms with Crippen molar-refractivity contribution < 1.29 is 4.79 Å². The number of benzene rings is 1. The smallest absolute Gasteiger partial charge is 0.229 e. The van der Waals surface area contributed by atoms with Crippen molar-refractivity contribution >= 4 is 11.7 Å². The fourth-order valence-corrected chi connectivity index (χ4v) is 3.40. The lowest BCUT2D eigenvalue weighted by atomic mass is 9.96. The van der Waals surface area contributed by atoms with E-state index in [2.05, 4.69) is 15.5 Å². The van der Waals surface area contributed by atoms with Gasteiger partial charge in [0.2, 0.25) is 5.91 Å². The Balaban J connectivity index is 1.58. The number of aromatic nitrogens is 2. The van der Waals surface area contributed by atoms with Gasteiger partial charge in [-0.05, 0) is 37.5 Å². The van der Waals surface area contributed by atoms with Crippen LogP contribution < -0.4 is 5.32 Å². The van der Waals surface area contributed by atoms with Crippen molar-refractivity contribution in [1.82, 2.24) is 10.2 Å². The molecule has 0 aliphatic heterocycles. The van der Waals surface area contributed by atoms with Gasteiger partial charge in [-0.1, -0.05) is 55.5 Å². The number of amides is 1. The zero-order valence-corrected chi connectivity index (χ0v) is 14.3. The normalized spacial score (nSPS) is 15.7. The van der Waals surface area contributed by atoms with Gasteiger partial charge < -0.3 is 5.32 Å². The van der Waals surface area contributed by atoms with Crippen LogP contribution >= 0.6 is 0 Å². The zero-order chi connectivity index (χ0) is 16.8. The second-order valence-corrected chi connectivity index (χ2v) is 6.75. The Bertz CT molecular complexity index is 674. The molecular weight excluding hydrogens is 298 g/mol. The maximum absolute atomic E-state index is 12.1. The minimum atomic E-state index is -0.0582. The molecule has 3 rings (SSSR count). The third-order valence-electron chi connectivity index (χ3n) is 4.67. The number of rotatable bonds is 4. The number of nitrogens with one attached hydrogen (secondary N) is 1. The highest BCUT2D eigenvalue weighted by Gasteiger charge is 2.16. The fraction of sp³-hybridized carbons (Fsp3) is 0.450. The minimum absolute atomic E-state index is 0.0582. The maximum atomic E-state index is 12.1. The van der Waals surface area contributed by atoms with Crippen LogP contribution in [0.4, 0.5) is 5.82 Å². The number of nitrogens with zero attached hydrogens (tertiary/aromatic N) is 2. The van der Waals surface area contributed by atoms with Crippen molar-refractivity contribution in [1.29, 1.82) is 0 Å². The van der Waals surface area contributed by atoms with E-state index in [-0.39, 0.29) is 5.91 Å². The highest BCUT2D eigenvalue weighted by atomic mass is 16.1. The van der Waals surface area contributed by atoms with E-state index in [0.717, 1.165) is 16.8 Å². The number of hydrogen-bond donors (Lipinski definition) is 1. The molecule has 0 saturated heterocycles. The summed E-state index contributed by atoms with van der Waals surface area (Å²) in [6, 6.07) is 11.9. The lowest BCUT2D eigenvalue weighted by Gasteiger charge is -2.13. The monoisotopic (exact) mass is 323 g/mol. The third kappa shape index (κ3) is 4.63. The molecule has 0 bridgehead atoms. The summed E-state index contributed by atoms with van der Waals surface area (Å²) in [5.74, 6) is 0.999. The highest BCUT2D eigenvalue weighted by Crippen LogP contribution is 2.30. The molecule has 0 spiro atoms. The van der Waals surface area contributed by atoms with Crippen LogP contribution in [0.2, 0.25) is 0 Å². The lowest BCUT2D eigenvalue weighted by molar-refractivity contribution is -0.115. The van der Waals surface area contributed by atoms with E-state index in [1.807, 2.05) is 43.3 Å². The van der Waals surface area contributed by atoms with Gasteiger partial charge in [0.15, 0.2) is 5.82 Å². The number of carbonyl (C=O) groups excluding carboxylic acids is 1. The number of anilines is 1. The van der Waals surface area contributed by atoms with Crippen molar-refractivity contribution in [2.75, 3.05) is 5.32 Å². The minimum Gasteiger partial charge on any atom is -0.309 e. The number of hydrogen-bond acceptors (Lipinski definition) is 3. The molecule has 1 aliphatic rings. The quantitative estimate of drug-likeness (QED) is 0.848. The Morgan fingerprint density at radius 1 is 1.08 bits per heavy atom. The van der Waals surface area contributed by atoms with E-state index in [1.54, 1.807) is 0 Å². The molecule has 24 heavy (non-hydrogen) atoms. The lowest BCUT2D eigenvalue weighted by Crippen LogP contribution is -2.16. The van der Waals surface area contributed by atoms with Crippen molar-refractivity contribution in [2.24, 2.45) is 0 Å². The molecule has 1 saturated carbocycles. The first-order valence-electron chi connectivity index (χ1n) is 8.90. The molecule has 1 N–H and O–H groups in total. The summed E-state index contributed by atoms with van der Waals surface area (Å²) in [7, 11) is 0. The predicted molar refractivity (Wildman–Crippen MR) is 96.0 cm³/mol. The molecule has 2 aromatic rings. The molecule has 1 aromatic carbocycles. The standard InChI is InChI=1S/C20H25N3O/c1-15-7-6-8-16(13-15)14-20(24)21-19-12-11-18(22-23-19)17-9-4-2-3-5-10-17/h6-8,11-13,17H,2-5,9-10,14H2,1H3,(H,21,23,24). The molecule has 1 amide bonds. The first-order valence-corrected chi connectivity index (χ1v) is 8.90. The summed E-state index contributed by atoms with van der Waals surface area (Å²) in [6.45, 7) is 2.03. The Kier molecular flexibility index (Phi) is 5.57. The summed E-state index contributed by atoms with van der Waals surface area (Å²) in [5.41, 5.74) is 3.23. The maximum Gasteiger partial charge on any atom is 0.229 e. The molecule has 1 aromatic heterocycles. The molecule has 0 radical (unpaired) electrons. The summed E-state index contributed by atoms with van der Waals surface area (Å²) < 4.78 is 0. The van der Waals surface area contributed by atoms with Crippen LogP contribution in [-0.2, 0) is 11.2 Å².